The number of carbonyl (C=O) groups excluding carboxylic acids is 1. The topological polar surface area (TPSA) is 75.6 Å². The maximum absolute atomic E-state index is 12.3. The van der Waals surface area contributed by atoms with Crippen LogP contribution in [-0.2, 0) is 4.79 Å². The van der Waals surface area contributed by atoms with Gasteiger partial charge in [-0.1, -0.05) is 13.8 Å². The minimum atomic E-state index is -2.81. The molecular weight excluding hydrogens is 308 g/mol. The van der Waals surface area contributed by atoms with Gasteiger partial charge in [0, 0.05) is 12.0 Å². The van der Waals surface area contributed by atoms with E-state index in [-0.39, 0.29) is 5.56 Å². The molecule has 2 N–H and O–H groups in total. The summed E-state index contributed by atoms with van der Waals surface area (Å²) >= 11 is 0. The van der Waals surface area contributed by atoms with Crippen molar-refractivity contribution in [3.8, 4) is 5.75 Å². The molecule has 0 aliphatic heterocycles. The summed E-state index contributed by atoms with van der Waals surface area (Å²) in [6, 6.07) is 4.46. The first-order valence-electron chi connectivity index (χ1n) is 7.34. The Morgan fingerprint density at radius 3 is 2.30 bits per heavy atom. The van der Waals surface area contributed by atoms with Gasteiger partial charge in [-0.25, -0.2) is 13.6 Å². The number of carboxylic acid groups (broad SMARTS) is 1. The molecule has 7 heteroatoms. The minimum Gasteiger partial charge on any atom is -0.494 e. The SMILES string of the molecule is CC(C)CCOc1ccc(C(=O)NC(CC(F)F)C(=O)O)cc1. The van der Waals surface area contributed by atoms with Gasteiger partial charge < -0.3 is 15.2 Å². The number of hydrogen-bond acceptors (Lipinski definition) is 3. The zero-order valence-electron chi connectivity index (χ0n) is 13.1. The van der Waals surface area contributed by atoms with E-state index in [4.69, 9.17) is 9.84 Å². The highest BCUT2D eigenvalue weighted by molar-refractivity contribution is 5.96. The summed E-state index contributed by atoms with van der Waals surface area (Å²) in [5, 5.41) is 10.9. The van der Waals surface area contributed by atoms with Gasteiger partial charge in [-0.2, -0.15) is 0 Å². The number of nitrogens with one attached hydrogen (secondary N) is 1. The molecule has 0 fully saturated rings. The van der Waals surface area contributed by atoms with Gasteiger partial charge in [0.1, 0.15) is 11.8 Å². The molecule has 0 saturated heterocycles. The molecule has 0 radical (unpaired) electrons. The number of carboxylic acids is 1. The Hall–Kier alpha value is -2.18. The van der Waals surface area contributed by atoms with Crippen molar-refractivity contribution >= 4 is 11.9 Å². The molecular formula is C16H21F2NO4. The van der Waals surface area contributed by atoms with Gasteiger partial charge in [-0.15, -0.1) is 0 Å². The first kappa shape index (κ1) is 18.9. The Morgan fingerprint density at radius 1 is 1.22 bits per heavy atom. The van der Waals surface area contributed by atoms with E-state index in [1.165, 1.54) is 12.1 Å². The lowest BCUT2D eigenvalue weighted by atomic mass is 10.1. The quantitative estimate of drug-likeness (QED) is 0.730. The molecule has 0 heterocycles. The van der Waals surface area contributed by atoms with Crippen molar-refractivity contribution in [2.45, 2.75) is 39.2 Å². The fourth-order valence-corrected chi connectivity index (χ4v) is 1.76. The van der Waals surface area contributed by atoms with E-state index >= 15 is 0 Å². The fourth-order valence-electron chi connectivity index (χ4n) is 1.76. The van der Waals surface area contributed by atoms with Gasteiger partial charge in [0.15, 0.2) is 0 Å². The zero-order valence-corrected chi connectivity index (χ0v) is 13.1. The van der Waals surface area contributed by atoms with Gasteiger partial charge in [-0.05, 0) is 36.6 Å². The van der Waals surface area contributed by atoms with E-state index in [1.54, 1.807) is 12.1 Å². The summed E-state index contributed by atoms with van der Waals surface area (Å²) in [4.78, 5) is 22.8. The molecule has 1 rings (SSSR count). The average Bonchev–Trinajstić information content (AvgIpc) is 2.46. The highest BCUT2D eigenvalue weighted by Gasteiger charge is 2.24. The van der Waals surface area contributed by atoms with Crippen LogP contribution in [0, 0.1) is 5.92 Å². The van der Waals surface area contributed by atoms with Crippen molar-refractivity contribution in [1.82, 2.24) is 5.32 Å². The lowest BCUT2D eigenvalue weighted by Crippen LogP contribution is -2.42. The van der Waals surface area contributed by atoms with Gasteiger partial charge in [0.25, 0.3) is 5.91 Å². The third kappa shape index (κ3) is 7.08. The number of halogens is 2. The fraction of sp³-hybridized carbons (Fsp3) is 0.500. The molecule has 23 heavy (non-hydrogen) atoms. The smallest absolute Gasteiger partial charge is 0.326 e. The molecule has 0 spiro atoms. The molecule has 1 atom stereocenters. The predicted octanol–water partition coefficient (Wildman–Crippen LogP) is 2.95. The summed E-state index contributed by atoms with van der Waals surface area (Å²) < 4.78 is 30.1. The first-order valence-corrected chi connectivity index (χ1v) is 7.34. The Balaban J connectivity index is 2.60. The Labute approximate surface area is 133 Å². The van der Waals surface area contributed by atoms with Crippen molar-refractivity contribution in [2.24, 2.45) is 5.92 Å². The number of rotatable bonds is 9. The molecule has 0 saturated carbocycles. The summed E-state index contributed by atoms with van der Waals surface area (Å²) in [7, 11) is 0. The van der Waals surface area contributed by atoms with E-state index < -0.39 is 30.8 Å². The van der Waals surface area contributed by atoms with Crippen molar-refractivity contribution in [3.63, 3.8) is 0 Å². The molecule has 0 bridgehead atoms. The molecule has 0 aromatic heterocycles. The molecule has 1 aromatic rings. The van der Waals surface area contributed by atoms with Crippen LogP contribution < -0.4 is 10.1 Å². The highest BCUT2D eigenvalue weighted by Crippen LogP contribution is 2.14. The summed E-state index contributed by atoms with van der Waals surface area (Å²) in [6.45, 7) is 4.71. The average molecular weight is 329 g/mol. The monoisotopic (exact) mass is 329 g/mol. The molecule has 128 valence electrons. The lowest BCUT2D eigenvalue weighted by Gasteiger charge is -2.14. The van der Waals surface area contributed by atoms with Crippen LogP contribution in [0.2, 0.25) is 0 Å². The Morgan fingerprint density at radius 2 is 1.83 bits per heavy atom. The van der Waals surface area contributed by atoms with Gasteiger partial charge in [-0.3, -0.25) is 4.79 Å². The number of benzene rings is 1. The molecule has 0 aliphatic rings. The van der Waals surface area contributed by atoms with Crippen molar-refractivity contribution in [1.29, 1.82) is 0 Å². The van der Waals surface area contributed by atoms with Crippen LogP contribution in [0.4, 0.5) is 8.78 Å². The van der Waals surface area contributed by atoms with Crippen molar-refractivity contribution in [2.75, 3.05) is 6.61 Å². The van der Waals surface area contributed by atoms with Crippen LogP contribution in [0.3, 0.4) is 0 Å². The summed E-state index contributed by atoms with van der Waals surface area (Å²) in [6.07, 6.45) is -2.85. The van der Waals surface area contributed by atoms with Gasteiger partial charge in [0.2, 0.25) is 6.43 Å². The van der Waals surface area contributed by atoms with Crippen LogP contribution in [0.25, 0.3) is 0 Å². The van der Waals surface area contributed by atoms with Crippen LogP contribution in [0.1, 0.15) is 37.0 Å². The summed E-state index contributed by atoms with van der Waals surface area (Å²) in [5.41, 5.74) is 0.182. The second-order valence-corrected chi connectivity index (χ2v) is 5.55. The zero-order chi connectivity index (χ0) is 17.4. The van der Waals surface area contributed by atoms with E-state index in [0.29, 0.717) is 18.3 Å². The van der Waals surface area contributed by atoms with Crippen molar-refractivity contribution < 1.29 is 28.2 Å². The molecule has 0 aliphatic carbocycles. The molecule has 1 aromatic carbocycles. The van der Waals surface area contributed by atoms with Crippen LogP contribution >= 0.6 is 0 Å². The number of alkyl halides is 2. The number of carbonyl (C=O) groups is 2. The second-order valence-electron chi connectivity index (χ2n) is 5.55. The first-order chi connectivity index (χ1) is 10.8. The number of ether oxygens (including phenoxy) is 1. The van der Waals surface area contributed by atoms with E-state index in [1.807, 2.05) is 0 Å². The standard InChI is InChI=1S/C16H21F2NO4/c1-10(2)7-8-23-12-5-3-11(4-6-12)15(20)19-13(16(21)22)9-14(17)18/h3-6,10,13-14H,7-9H2,1-2H3,(H,19,20)(H,21,22). The molecule has 1 amide bonds. The van der Waals surface area contributed by atoms with E-state index in [2.05, 4.69) is 19.2 Å². The van der Waals surface area contributed by atoms with Gasteiger partial charge in [0.05, 0.1) is 6.61 Å². The van der Waals surface area contributed by atoms with Gasteiger partial charge >= 0.3 is 5.97 Å². The van der Waals surface area contributed by atoms with E-state index in [0.717, 1.165) is 6.42 Å². The van der Waals surface area contributed by atoms with Crippen LogP contribution in [-0.4, -0.2) is 36.1 Å². The molecule has 1 unspecified atom stereocenters. The third-order valence-corrected chi connectivity index (χ3v) is 3.10. The number of amides is 1. The van der Waals surface area contributed by atoms with E-state index in [9.17, 15) is 18.4 Å². The third-order valence-electron chi connectivity index (χ3n) is 3.10. The maximum Gasteiger partial charge on any atom is 0.326 e. The highest BCUT2D eigenvalue weighted by atomic mass is 19.3. The van der Waals surface area contributed by atoms with Crippen molar-refractivity contribution in [3.05, 3.63) is 29.8 Å². The number of aliphatic carboxylic acids is 1. The predicted molar refractivity (Wildman–Crippen MR) is 80.9 cm³/mol. The second kappa shape index (κ2) is 9.07. The summed E-state index contributed by atoms with van der Waals surface area (Å²) in [5.74, 6) is -1.11. The number of hydrogen-bond donors (Lipinski definition) is 2. The minimum absolute atomic E-state index is 0.182. The Bertz CT molecular complexity index is 517. The molecule has 5 nitrogen and oxygen atoms in total. The van der Waals surface area contributed by atoms with Crippen LogP contribution in [0.15, 0.2) is 24.3 Å². The maximum atomic E-state index is 12.3. The Kier molecular flexibility index (Phi) is 7.44. The lowest BCUT2D eigenvalue weighted by molar-refractivity contribution is -0.140. The van der Waals surface area contributed by atoms with Crippen LogP contribution in [0.5, 0.6) is 5.75 Å². The largest absolute Gasteiger partial charge is 0.494 e. The normalized spacial score (nSPS) is 12.3.